The maximum absolute atomic E-state index is 14.5. The summed E-state index contributed by atoms with van der Waals surface area (Å²) in [6.45, 7) is 15.1. The third-order valence-electron chi connectivity index (χ3n) is 4.82. The van der Waals surface area contributed by atoms with E-state index in [0.29, 0.717) is 6.54 Å². The fourth-order valence-electron chi connectivity index (χ4n) is 3.39. The lowest BCUT2D eigenvalue weighted by atomic mass is 9.47. The summed E-state index contributed by atoms with van der Waals surface area (Å²) in [7, 11) is 0. The molecule has 0 aromatic carbocycles. The molecule has 3 fully saturated rings. The summed E-state index contributed by atoms with van der Waals surface area (Å²) in [6, 6.07) is 0. The second kappa shape index (κ2) is 3.01. The lowest BCUT2D eigenvalue weighted by molar-refractivity contribution is -0.210. The van der Waals surface area contributed by atoms with Gasteiger partial charge >= 0.3 is 0 Å². The van der Waals surface area contributed by atoms with Crippen LogP contribution in [0.3, 0.4) is 0 Å². The van der Waals surface area contributed by atoms with Crippen LogP contribution >= 0.6 is 0 Å². The molecule has 2 heteroatoms. The van der Waals surface area contributed by atoms with Crippen molar-refractivity contribution < 1.29 is 4.39 Å². The molecule has 1 nitrogen and oxygen atoms in total. The molecule has 3 aliphatic rings. The molecule has 2 saturated heterocycles. The SMILES string of the molecule is CC(C)(C)N1CC2(F)CC(C(C)(C)C)(C1)C2. The fraction of sp³-hybridized carbons (Fsp3) is 1.00. The van der Waals surface area contributed by atoms with E-state index in [1.165, 1.54) is 0 Å². The lowest BCUT2D eigenvalue weighted by Crippen LogP contribution is -2.71. The Labute approximate surface area is 99.4 Å². The minimum atomic E-state index is -0.904. The molecular formula is C14H26FN. The van der Waals surface area contributed by atoms with Crippen molar-refractivity contribution >= 4 is 0 Å². The van der Waals surface area contributed by atoms with Crippen molar-refractivity contribution in [3.63, 3.8) is 0 Å². The van der Waals surface area contributed by atoms with Crippen LogP contribution in [0.15, 0.2) is 0 Å². The first-order valence-corrected chi connectivity index (χ1v) is 6.42. The lowest BCUT2D eigenvalue weighted by Gasteiger charge is -2.67. The van der Waals surface area contributed by atoms with Gasteiger partial charge in [0.25, 0.3) is 0 Å². The zero-order valence-electron chi connectivity index (χ0n) is 11.7. The number of halogens is 1. The largest absolute Gasteiger partial charge is 0.295 e. The molecule has 94 valence electrons. The Bertz CT molecular complexity index is 283. The van der Waals surface area contributed by atoms with Crippen LogP contribution in [0.5, 0.6) is 0 Å². The summed E-state index contributed by atoms with van der Waals surface area (Å²) in [5.74, 6) is 0. The molecule has 0 aromatic rings. The summed E-state index contributed by atoms with van der Waals surface area (Å²) >= 11 is 0. The second-order valence-electron chi connectivity index (χ2n) is 8.06. The van der Waals surface area contributed by atoms with Crippen LogP contribution in [-0.2, 0) is 0 Å². The van der Waals surface area contributed by atoms with Crippen LogP contribution in [0.4, 0.5) is 4.39 Å². The molecule has 1 aliphatic carbocycles. The summed E-state index contributed by atoms with van der Waals surface area (Å²) < 4.78 is 14.5. The summed E-state index contributed by atoms with van der Waals surface area (Å²) in [4.78, 5) is 2.34. The van der Waals surface area contributed by atoms with Gasteiger partial charge in [0.1, 0.15) is 5.67 Å². The molecule has 16 heavy (non-hydrogen) atoms. The van der Waals surface area contributed by atoms with Crippen LogP contribution in [0.25, 0.3) is 0 Å². The Morgan fingerprint density at radius 3 is 1.81 bits per heavy atom. The number of alkyl halides is 1. The molecule has 0 N–H and O–H groups in total. The second-order valence-corrected chi connectivity index (χ2v) is 8.06. The van der Waals surface area contributed by atoms with E-state index in [9.17, 15) is 4.39 Å². The van der Waals surface area contributed by atoms with E-state index in [-0.39, 0.29) is 16.4 Å². The van der Waals surface area contributed by atoms with Crippen LogP contribution in [0.1, 0.15) is 54.4 Å². The van der Waals surface area contributed by atoms with Gasteiger partial charge in [-0.3, -0.25) is 4.90 Å². The van der Waals surface area contributed by atoms with Crippen LogP contribution in [-0.4, -0.2) is 29.2 Å². The fourth-order valence-corrected chi connectivity index (χ4v) is 3.39. The Morgan fingerprint density at radius 1 is 0.938 bits per heavy atom. The van der Waals surface area contributed by atoms with Gasteiger partial charge < -0.3 is 0 Å². The van der Waals surface area contributed by atoms with Gasteiger partial charge in [-0.05, 0) is 44.4 Å². The predicted molar refractivity (Wildman–Crippen MR) is 66.3 cm³/mol. The Kier molecular flexibility index (Phi) is 2.32. The van der Waals surface area contributed by atoms with Gasteiger partial charge in [-0.25, -0.2) is 4.39 Å². The number of piperidine rings is 2. The summed E-state index contributed by atoms with van der Waals surface area (Å²) in [6.07, 6.45) is 1.55. The average Bonchev–Trinajstić information content (AvgIpc) is 1.97. The molecule has 0 amide bonds. The van der Waals surface area contributed by atoms with E-state index in [4.69, 9.17) is 0 Å². The van der Waals surface area contributed by atoms with E-state index in [2.05, 4.69) is 46.4 Å². The minimum Gasteiger partial charge on any atom is -0.295 e. The van der Waals surface area contributed by atoms with E-state index in [0.717, 1.165) is 19.4 Å². The molecule has 2 bridgehead atoms. The molecular weight excluding hydrogens is 201 g/mol. The van der Waals surface area contributed by atoms with Crippen molar-refractivity contribution in [3.05, 3.63) is 0 Å². The summed E-state index contributed by atoms with van der Waals surface area (Å²) in [5.41, 5.74) is -0.396. The van der Waals surface area contributed by atoms with Gasteiger partial charge in [0.15, 0.2) is 0 Å². The number of hydrogen-bond acceptors (Lipinski definition) is 1. The molecule has 3 rings (SSSR count). The maximum Gasteiger partial charge on any atom is 0.124 e. The maximum atomic E-state index is 14.5. The van der Waals surface area contributed by atoms with E-state index >= 15 is 0 Å². The molecule has 2 aliphatic heterocycles. The minimum absolute atomic E-state index is 0.0919. The monoisotopic (exact) mass is 227 g/mol. The third-order valence-corrected chi connectivity index (χ3v) is 4.82. The third kappa shape index (κ3) is 1.70. The standard InChI is InChI=1S/C14H26FN/c1-11(2,3)13-7-14(15,8-13)10-16(9-13)12(4,5)6/h7-10H2,1-6H3. The van der Waals surface area contributed by atoms with E-state index in [1.807, 2.05) is 0 Å². The number of hydrogen-bond donors (Lipinski definition) is 0. The van der Waals surface area contributed by atoms with Gasteiger partial charge in [-0.2, -0.15) is 0 Å². The van der Waals surface area contributed by atoms with Crippen LogP contribution in [0.2, 0.25) is 0 Å². The van der Waals surface area contributed by atoms with Gasteiger partial charge in [-0.1, -0.05) is 20.8 Å². The number of fused-ring (bicyclic) bond motifs is 2. The Hall–Kier alpha value is -0.110. The highest BCUT2D eigenvalue weighted by molar-refractivity contribution is 5.16. The molecule has 0 atom stereocenters. The molecule has 0 unspecified atom stereocenters. The zero-order chi connectivity index (χ0) is 12.4. The molecule has 0 radical (unpaired) electrons. The smallest absolute Gasteiger partial charge is 0.124 e. The van der Waals surface area contributed by atoms with Crippen molar-refractivity contribution in [2.75, 3.05) is 13.1 Å². The normalized spacial score (nSPS) is 40.7. The number of nitrogens with zero attached hydrogens (tertiary/aromatic N) is 1. The first-order chi connectivity index (χ1) is 6.98. The van der Waals surface area contributed by atoms with Crippen molar-refractivity contribution in [2.24, 2.45) is 10.8 Å². The van der Waals surface area contributed by atoms with Crippen molar-refractivity contribution in [1.82, 2.24) is 4.90 Å². The first kappa shape index (κ1) is 12.3. The quantitative estimate of drug-likeness (QED) is 0.611. The van der Waals surface area contributed by atoms with E-state index in [1.54, 1.807) is 0 Å². The topological polar surface area (TPSA) is 3.24 Å². The van der Waals surface area contributed by atoms with Crippen molar-refractivity contribution in [2.45, 2.75) is 65.6 Å². The Morgan fingerprint density at radius 2 is 1.44 bits per heavy atom. The van der Waals surface area contributed by atoms with Crippen LogP contribution < -0.4 is 0 Å². The Balaban J connectivity index is 2.23. The van der Waals surface area contributed by atoms with Gasteiger partial charge in [0.05, 0.1) is 0 Å². The van der Waals surface area contributed by atoms with Gasteiger partial charge in [0, 0.05) is 18.6 Å². The highest BCUT2D eigenvalue weighted by Crippen LogP contribution is 2.63. The van der Waals surface area contributed by atoms with E-state index < -0.39 is 5.67 Å². The zero-order valence-corrected chi connectivity index (χ0v) is 11.7. The summed E-state index contributed by atoms with van der Waals surface area (Å²) in [5, 5.41) is 0. The van der Waals surface area contributed by atoms with Crippen molar-refractivity contribution in [3.8, 4) is 0 Å². The number of rotatable bonds is 0. The average molecular weight is 227 g/mol. The highest BCUT2D eigenvalue weighted by atomic mass is 19.1. The predicted octanol–water partition coefficient (Wildman–Crippen LogP) is 3.64. The molecule has 1 saturated carbocycles. The highest BCUT2D eigenvalue weighted by Gasteiger charge is 2.65. The molecule has 0 spiro atoms. The van der Waals surface area contributed by atoms with Gasteiger partial charge in [-0.15, -0.1) is 0 Å². The first-order valence-electron chi connectivity index (χ1n) is 6.42. The molecule has 0 aromatic heterocycles. The molecule has 2 heterocycles. The van der Waals surface area contributed by atoms with Gasteiger partial charge in [0.2, 0.25) is 0 Å². The van der Waals surface area contributed by atoms with Crippen molar-refractivity contribution in [1.29, 1.82) is 0 Å². The van der Waals surface area contributed by atoms with Crippen LogP contribution in [0, 0.1) is 10.8 Å².